The van der Waals surface area contributed by atoms with Crippen LogP contribution in [0.2, 0.25) is 0 Å². The van der Waals surface area contributed by atoms with Crippen LogP contribution in [0.4, 0.5) is 5.69 Å². The molecule has 0 spiro atoms. The molecule has 0 saturated carbocycles. The summed E-state index contributed by atoms with van der Waals surface area (Å²) < 4.78 is 0. The van der Waals surface area contributed by atoms with Gasteiger partial charge in [-0.2, -0.15) is 0 Å². The Kier molecular flexibility index (Phi) is 4.63. The molecule has 0 aliphatic rings. The van der Waals surface area contributed by atoms with Crippen LogP contribution in [0.25, 0.3) is 0 Å². The van der Waals surface area contributed by atoms with Gasteiger partial charge in [0.15, 0.2) is 0 Å². The van der Waals surface area contributed by atoms with Gasteiger partial charge >= 0.3 is 0 Å². The van der Waals surface area contributed by atoms with E-state index in [4.69, 9.17) is 0 Å². The Balaban J connectivity index is 2.23. The van der Waals surface area contributed by atoms with E-state index < -0.39 is 0 Å². The fourth-order valence-electron chi connectivity index (χ4n) is 1.99. The number of aromatic nitrogens is 3. The Labute approximate surface area is 119 Å². The fraction of sp³-hybridized carbons (Fsp3) is 0.400. The molecular weight excluding hydrogens is 252 g/mol. The van der Waals surface area contributed by atoms with Crippen LogP contribution in [0.3, 0.4) is 0 Å². The Morgan fingerprint density at radius 1 is 1.25 bits per heavy atom. The van der Waals surface area contributed by atoms with Crippen LogP contribution in [0.1, 0.15) is 36.8 Å². The molecule has 1 N–H and O–H groups in total. The average Bonchev–Trinajstić information content (AvgIpc) is 2.47. The standard InChI is InChI=1S/C15H20N4O/c1-11(2)15-17-8-14(13(10-20)18-15)19(3)9-12-4-6-16-7-5-12/h4-8,11,20H,9-10H2,1-3H3. The Morgan fingerprint density at radius 2 is 1.95 bits per heavy atom. The second-order valence-electron chi connectivity index (χ2n) is 5.08. The molecule has 5 heteroatoms. The first-order valence-corrected chi connectivity index (χ1v) is 6.68. The summed E-state index contributed by atoms with van der Waals surface area (Å²) in [7, 11) is 1.97. The molecule has 0 amide bonds. The molecule has 2 heterocycles. The second-order valence-corrected chi connectivity index (χ2v) is 5.08. The summed E-state index contributed by atoms with van der Waals surface area (Å²) in [6, 6.07) is 3.94. The SMILES string of the molecule is CC(C)c1ncc(N(C)Cc2ccncc2)c(CO)n1. The lowest BCUT2D eigenvalue weighted by molar-refractivity contribution is 0.276. The topological polar surface area (TPSA) is 62.1 Å². The number of hydrogen-bond donors (Lipinski definition) is 1. The molecule has 0 aromatic carbocycles. The van der Waals surface area contributed by atoms with E-state index in [-0.39, 0.29) is 12.5 Å². The van der Waals surface area contributed by atoms with Crippen molar-refractivity contribution in [2.45, 2.75) is 32.9 Å². The molecule has 0 unspecified atom stereocenters. The molecule has 0 bridgehead atoms. The van der Waals surface area contributed by atoms with Crippen LogP contribution in [0.15, 0.2) is 30.7 Å². The van der Waals surface area contributed by atoms with Gasteiger partial charge in [0.25, 0.3) is 0 Å². The van der Waals surface area contributed by atoms with E-state index in [2.05, 4.69) is 15.0 Å². The van der Waals surface area contributed by atoms with Crippen LogP contribution < -0.4 is 4.90 Å². The predicted octanol–water partition coefficient (Wildman–Crippen LogP) is 2.12. The van der Waals surface area contributed by atoms with Crippen LogP contribution in [-0.2, 0) is 13.2 Å². The third-order valence-electron chi connectivity index (χ3n) is 3.11. The van der Waals surface area contributed by atoms with Crippen molar-refractivity contribution in [1.29, 1.82) is 0 Å². The fourth-order valence-corrected chi connectivity index (χ4v) is 1.99. The minimum Gasteiger partial charge on any atom is -0.390 e. The zero-order valence-electron chi connectivity index (χ0n) is 12.1. The monoisotopic (exact) mass is 272 g/mol. The van der Waals surface area contributed by atoms with Crippen molar-refractivity contribution < 1.29 is 5.11 Å². The summed E-state index contributed by atoms with van der Waals surface area (Å²) in [6.45, 7) is 4.71. The minimum absolute atomic E-state index is 0.0851. The number of hydrogen-bond acceptors (Lipinski definition) is 5. The molecule has 0 radical (unpaired) electrons. The lowest BCUT2D eigenvalue weighted by atomic mass is 10.2. The summed E-state index contributed by atoms with van der Waals surface area (Å²) in [4.78, 5) is 14.9. The highest BCUT2D eigenvalue weighted by Crippen LogP contribution is 2.21. The van der Waals surface area contributed by atoms with Gasteiger partial charge in [0, 0.05) is 31.9 Å². The van der Waals surface area contributed by atoms with Crippen molar-refractivity contribution in [1.82, 2.24) is 15.0 Å². The number of aliphatic hydroxyl groups excluding tert-OH is 1. The van der Waals surface area contributed by atoms with E-state index in [0.29, 0.717) is 5.69 Å². The first-order chi connectivity index (χ1) is 9.61. The summed E-state index contributed by atoms with van der Waals surface area (Å²) >= 11 is 0. The summed E-state index contributed by atoms with van der Waals surface area (Å²) in [5.74, 6) is 1.01. The van der Waals surface area contributed by atoms with E-state index in [1.54, 1.807) is 18.6 Å². The van der Waals surface area contributed by atoms with E-state index in [1.807, 2.05) is 37.9 Å². The minimum atomic E-state index is -0.0851. The summed E-state index contributed by atoms with van der Waals surface area (Å²) in [6.07, 6.45) is 5.33. The number of nitrogens with zero attached hydrogens (tertiary/aromatic N) is 4. The van der Waals surface area contributed by atoms with Gasteiger partial charge < -0.3 is 10.0 Å². The second kappa shape index (κ2) is 6.43. The lowest BCUT2D eigenvalue weighted by Gasteiger charge is -2.21. The van der Waals surface area contributed by atoms with Gasteiger partial charge in [-0.15, -0.1) is 0 Å². The third kappa shape index (κ3) is 3.30. The van der Waals surface area contributed by atoms with Crippen molar-refractivity contribution in [3.05, 3.63) is 47.8 Å². The van der Waals surface area contributed by atoms with E-state index in [0.717, 1.165) is 23.6 Å². The molecule has 5 nitrogen and oxygen atoms in total. The molecule has 0 aliphatic heterocycles. The Morgan fingerprint density at radius 3 is 2.55 bits per heavy atom. The quantitative estimate of drug-likeness (QED) is 0.903. The Hall–Kier alpha value is -2.01. The lowest BCUT2D eigenvalue weighted by Crippen LogP contribution is -2.20. The molecule has 0 fully saturated rings. The first kappa shape index (κ1) is 14.4. The van der Waals surface area contributed by atoms with Gasteiger partial charge in [0.05, 0.1) is 24.2 Å². The first-order valence-electron chi connectivity index (χ1n) is 6.68. The normalized spacial score (nSPS) is 10.8. The zero-order chi connectivity index (χ0) is 14.5. The highest BCUT2D eigenvalue weighted by molar-refractivity contribution is 5.48. The van der Waals surface area contributed by atoms with Crippen molar-refractivity contribution in [3.63, 3.8) is 0 Å². The van der Waals surface area contributed by atoms with Gasteiger partial charge in [0.2, 0.25) is 0 Å². The van der Waals surface area contributed by atoms with Crippen LogP contribution >= 0.6 is 0 Å². The van der Waals surface area contributed by atoms with Crippen molar-refractivity contribution >= 4 is 5.69 Å². The maximum atomic E-state index is 9.51. The van der Waals surface area contributed by atoms with Crippen molar-refractivity contribution in [3.8, 4) is 0 Å². The van der Waals surface area contributed by atoms with Gasteiger partial charge in [-0.1, -0.05) is 13.8 Å². The predicted molar refractivity (Wildman–Crippen MR) is 78.4 cm³/mol. The van der Waals surface area contributed by atoms with Crippen LogP contribution in [0.5, 0.6) is 0 Å². The number of anilines is 1. The summed E-state index contributed by atoms with van der Waals surface area (Å²) in [5.41, 5.74) is 2.67. The summed E-state index contributed by atoms with van der Waals surface area (Å²) in [5, 5.41) is 9.51. The molecule has 2 aromatic heterocycles. The molecule has 0 saturated heterocycles. The highest BCUT2D eigenvalue weighted by atomic mass is 16.3. The molecule has 2 rings (SSSR count). The number of rotatable bonds is 5. The molecule has 20 heavy (non-hydrogen) atoms. The van der Waals surface area contributed by atoms with Gasteiger partial charge in [-0.05, 0) is 17.7 Å². The molecule has 0 aliphatic carbocycles. The van der Waals surface area contributed by atoms with Crippen LogP contribution in [0, 0.1) is 0 Å². The maximum absolute atomic E-state index is 9.51. The molecule has 2 aromatic rings. The van der Waals surface area contributed by atoms with E-state index >= 15 is 0 Å². The van der Waals surface area contributed by atoms with Gasteiger partial charge in [-0.3, -0.25) is 4.98 Å². The highest BCUT2D eigenvalue weighted by Gasteiger charge is 2.12. The van der Waals surface area contributed by atoms with Gasteiger partial charge in [-0.25, -0.2) is 9.97 Å². The third-order valence-corrected chi connectivity index (χ3v) is 3.11. The Bertz CT molecular complexity index is 557. The molecule has 106 valence electrons. The molecule has 0 atom stereocenters. The largest absolute Gasteiger partial charge is 0.390 e. The maximum Gasteiger partial charge on any atom is 0.131 e. The van der Waals surface area contributed by atoms with Gasteiger partial charge in [0.1, 0.15) is 5.82 Å². The average molecular weight is 272 g/mol. The smallest absolute Gasteiger partial charge is 0.131 e. The van der Waals surface area contributed by atoms with Crippen molar-refractivity contribution in [2.24, 2.45) is 0 Å². The van der Waals surface area contributed by atoms with Crippen molar-refractivity contribution in [2.75, 3.05) is 11.9 Å². The number of pyridine rings is 1. The molecular formula is C15H20N4O. The van der Waals surface area contributed by atoms with Crippen LogP contribution in [-0.4, -0.2) is 27.1 Å². The number of aliphatic hydroxyl groups is 1. The van der Waals surface area contributed by atoms with E-state index in [9.17, 15) is 5.11 Å². The van der Waals surface area contributed by atoms with E-state index in [1.165, 1.54) is 0 Å². The zero-order valence-corrected chi connectivity index (χ0v) is 12.1.